The highest BCUT2D eigenvalue weighted by atomic mass is 32.2. The highest BCUT2D eigenvalue weighted by Gasteiger charge is 2.23. The van der Waals surface area contributed by atoms with Gasteiger partial charge in [0.15, 0.2) is 5.17 Å². The van der Waals surface area contributed by atoms with Gasteiger partial charge in [0.25, 0.3) is 0 Å². The molecule has 0 spiro atoms. The number of amidine groups is 1. The fourth-order valence-corrected chi connectivity index (χ4v) is 3.09. The highest BCUT2D eigenvalue weighted by Crippen LogP contribution is 2.13. The van der Waals surface area contributed by atoms with Crippen LogP contribution in [0.1, 0.15) is 32.6 Å². The molecule has 0 bridgehead atoms. The topological polar surface area (TPSA) is 44.7 Å². The number of aliphatic imine (C=N–C) groups is 1. The average Bonchev–Trinajstić information content (AvgIpc) is 2.40. The number of amides is 1. The van der Waals surface area contributed by atoms with Crippen molar-refractivity contribution in [2.24, 2.45) is 4.99 Å². The molecule has 5 heteroatoms. The lowest BCUT2D eigenvalue weighted by atomic mass is 10.1. The first-order valence-electron chi connectivity index (χ1n) is 6.50. The Bertz CT molecular complexity index is 300. The summed E-state index contributed by atoms with van der Waals surface area (Å²) in [6.45, 7) is 4.67. The van der Waals surface area contributed by atoms with Crippen molar-refractivity contribution >= 4 is 22.8 Å². The third-order valence-corrected chi connectivity index (χ3v) is 4.19. The van der Waals surface area contributed by atoms with Gasteiger partial charge in [0.05, 0.1) is 0 Å². The predicted molar refractivity (Wildman–Crippen MR) is 72.4 cm³/mol. The van der Waals surface area contributed by atoms with Crippen LogP contribution in [0.5, 0.6) is 0 Å². The number of hydrogen-bond donors (Lipinski definition) is 1. The number of thioether (sulfide) groups is 1. The van der Waals surface area contributed by atoms with E-state index in [1.807, 2.05) is 11.8 Å². The third kappa shape index (κ3) is 3.63. The molecule has 1 fully saturated rings. The van der Waals surface area contributed by atoms with Crippen molar-refractivity contribution in [3.8, 4) is 0 Å². The summed E-state index contributed by atoms with van der Waals surface area (Å²) in [6.07, 6.45) is 4.70. The first-order valence-corrected chi connectivity index (χ1v) is 7.48. The highest BCUT2D eigenvalue weighted by molar-refractivity contribution is 8.13. The van der Waals surface area contributed by atoms with Crippen LogP contribution >= 0.6 is 11.8 Å². The minimum atomic E-state index is -0.141. The van der Waals surface area contributed by atoms with E-state index in [4.69, 9.17) is 0 Å². The molecule has 2 rings (SSSR count). The lowest BCUT2D eigenvalue weighted by Gasteiger charge is -2.30. The molecule has 1 unspecified atom stereocenters. The lowest BCUT2D eigenvalue weighted by molar-refractivity contribution is -0.133. The number of rotatable bonds is 2. The molecule has 2 aliphatic heterocycles. The smallest absolute Gasteiger partial charge is 0.244 e. The molecule has 0 aromatic heterocycles. The van der Waals surface area contributed by atoms with E-state index in [1.165, 1.54) is 6.42 Å². The zero-order valence-electron chi connectivity index (χ0n) is 10.4. The summed E-state index contributed by atoms with van der Waals surface area (Å²) in [6, 6.07) is -0.141. The van der Waals surface area contributed by atoms with Crippen molar-refractivity contribution in [1.29, 1.82) is 0 Å². The number of nitrogens with zero attached hydrogens (tertiary/aromatic N) is 2. The van der Waals surface area contributed by atoms with E-state index in [1.54, 1.807) is 11.8 Å². The Kier molecular flexibility index (Phi) is 4.71. The minimum Gasteiger partial charge on any atom is -0.353 e. The van der Waals surface area contributed by atoms with Gasteiger partial charge < -0.3 is 10.2 Å². The van der Waals surface area contributed by atoms with Crippen molar-refractivity contribution in [3.05, 3.63) is 0 Å². The molecule has 4 nitrogen and oxygen atoms in total. The molecule has 0 saturated carbocycles. The molecule has 0 aromatic rings. The Morgan fingerprint density at radius 1 is 1.35 bits per heavy atom. The fourth-order valence-electron chi connectivity index (χ4n) is 2.18. The molecule has 2 heterocycles. The van der Waals surface area contributed by atoms with E-state index >= 15 is 0 Å². The monoisotopic (exact) mass is 255 g/mol. The summed E-state index contributed by atoms with van der Waals surface area (Å²) >= 11 is 1.72. The lowest BCUT2D eigenvalue weighted by Crippen LogP contribution is -2.48. The largest absolute Gasteiger partial charge is 0.353 e. The van der Waals surface area contributed by atoms with Crippen LogP contribution in [0.4, 0.5) is 0 Å². The van der Waals surface area contributed by atoms with Gasteiger partial charge in [0.2, 0.25) is 5.91 Å². The van der Waals surface area contributed by atoms with Crippen LogP contribution in [0.15, 0.2) is 4.99 Å². The number of likely N-dealkylation sites (tertiary alicyclic amines) is 1. The van der Waals surface area contributed by atoms with Crippen molar-refractivity contribution in [2.75, 3.05) is 25.4 Å². The van der Waals surface area contributed by atoms with Crippen LogP contribution < -0.4 is 5.32 Å². The first kappa shape index (κ1) is 12.7. The SMILES string of the molecule is CC(NC1=NCCCS1)C(=O)N1CCCCC1. The quantitative estimate of drug-likeness (QED) is 0.812. The van der Waals surface area contributed by atoms with Gasteiger partial charge in [-0.2, -0.15) is 0 Å². The van der Waals surface area contributed by atoms with E-state index in [0.29, 0.717) is 0 Å². The number of carbonyl (C=O) groups is 1. The number of hydrogen-bond acceptors (Lipinski definition) is 4. The number of piperidine rings is 1. The molecule has 0 aliphatic carbocycles. The van der Waals surface area contributed by atoms with Gasteiger partial charge in [-0.25, -0.2) is 0 Å². The molecule has 17 heavy (non-hydrogen) atoms. The Hall–Kier alpha value is -0.710. The van der Waals surface area contributed by atoms with Gasteiger partial charge in [0, 0.05) is 25.4 Å². The summed E-state index contributed by atoms with van der Waals surface area (Å²) in [5, 5.41) is 4.18. The molecule has 1 saturated heterocycles. The number of nitrogens with one attached hydrogen (secondary N) is 1. The Balaban J connectivity index is 1.83. The average molecular weight is 255 g/mol. The van der Waals surface area contributed by atoms with Crippen LogP contribution in [0, 0.1) is 0 Å². The van der Waals surface area contributed by atoms with Crippen LogP contribution in [-0.2, 0) is 4.79 Å². The van der Waals surface area contributed by atoms with E-state index in [0.717, 1.165) is 49.8 Å². The summed E-state index contributed by atoms with van der Waals surface area (Å²) in [7, 11) is 0. The summed E-state index contributed by atoms with van der Waals surface area (Å²) < 4.78 is 0. The van der Waals surface area contributed by atoms with Crippen LogP contribution in [0.2, 0.25) is 0 Å². The molecule has 1 atom stereocenters. The summed E-state index contributed by atoms with van der Waals surface area (Å²) in [4.78, 5) is 18.5. The Morgan fingerprint density at radius 2 is 2.12 bits per heavy atom. The molecule has 2 aliphatic rings. The Labute approximate surface area is 107 Å². The second-order valence-corrected chi connectivity index (χ2v) is 5.72. The molecular weight excluding hydrogens is 234 g/mol. The van der Waals surface area contributed by atoms with E-state index in [-0.39, 0.29) is 11.9 Å². The fraction of sp³-hybridized carbons (Fsp3) is 0.833. The summed E-state index contributed by atoms with van der Waals surface area (Å²) in [5.41, 5.74) is 0. The zero-order valence-corrected chi connectivity index (χ0v) is 11.3. The second kappa shape index (κ2) is 6.28. The molecular formula is C12H21N3OS. The first-order chi connectivity index (χ1) is 8.27. The van der Waals surface area contributed by atoms with E-state index < -0.39 is 0 Å². The van der Waals surface area contributed by atoms with Crippen LogP contribution in [-0.4, -0.2) is 47.4 Å². The zero-order chi connectivity index (χ0) is 12.1. The van der Waals surface area contributed by atoms with Crippen LogP contribution in [0.3, 0.4) is 0 Å². The maximum absolute atomic E-state index is 12.2. The van der Waals surface area contributed by atoms with Gasteiger partial charge in [0.1, 0.15) is 6.04 Å². The molecule has 0 aromatic carbocycles. The predicted octanol–water partition coefficient (Wildman–Crippen LogP) is 1.47. The van der Waals surface area contributed by atoms with Gasteiger partial charge in [-0.1, -0.05) is 11.8 Å². The second-order valence-electron chi connectivity index (χ2n) is 4.64. The maximum Gasteiger partial charge on any atom is 0.244 e. The van der Waals surface area contributed by atoms with Crippen LogP contribution in [0.25, 0.3) is 0 Å². The minimum absolute atomic E-state index is 0.141. The van der Waals surface area contributed by atoms with Gasteiger partial charge >= 0.3 is 0 Å². The van der Waals surface area contributed by atoms with Crippen molar-refractivity contribution in [1.82, 2.24) is 10.2 Å². The van der Waals surface area contributed by atoms with Gasteiger partial charge in [-0.15, -0.1) is 0 Å². The van der Waals surface area contributed by atoms with Gasteiger partial charge in [-0.3, -0.25) is 9.79 Å². The van der Waals surface area contributed by atoms with E-state index in [9.17, 15) is 4.79 Å². The molecule has 1 amide bonds. The van der Waals surface area contributed by atoms with Crippen molar-refractivity contribution in [2.45, 2.75) is 38.6 Å². The molecule has 1 N–H and O–H groups in total. The third-order valence-electron chi connectivity index (χ3n) is 3.17. The van der Waals surface area contributed by atoms with E-state index in [2.05, 4.69) is 10.3 Å². The standard InChI is InChI=1S/C12H21N3OS/c1-10(14-12-13-6-5-9-17-12)11(16)15-7-3-2-4-8-15/h10H,2-9H2,1H3,(H,13,14). The molecule has 0 radical (unpaired) electrons. The van der Waals surface area contributed by atoms with Crippen molar-refractivity contribution < 1.29 is 4.79 Å². The summed E-state index contributed by atoms with van der Waals surface area (Å²) in [5.74, 6) is 1.33. The van der Waals surface area contributed by atoms with Gasteiger partial charge in [-0.05, 0) is 32.6 Å². The van der Waals surface area contributed by atoms with Crippen molar-refractivity contribution in [3.63, 3.8) is 0 Å². The normalized spacial score (nSPS) is 22.9. The number of carbonyl (C=O) groups excluding carboxylic acids is 1. The molecule has 96 valence electrons. The maximum atomic E-state index is 12.2. The Morgan fingerprint density at radius 3 is 2.76 bits per heavy atom.